The molecule has 0 atom stereocenters. The highest BCUT2D eigenvalue weighted by atomic mass is 79.9. The summed E-state index contributed by atoms with van der Waals surface area (Å²) in [6, 6.07) is 10.1. The van der Waals surface area contributed by atoms with Gasteiger partial charge in [-0.2, -0.15) is 0 Å². The second-order valence-electron chi connectivity index (χ2n) is 4.34. The smallest absolute Gasteiger partial charge is 0.405 e. The normalized spacial score (nSPS) is 11.3. The van der Waals surface area contributed by atoms with Crippen LogP contribution in [0.3, 0.4) is 0 Å². The van der Waals surface area contributed by atoms with Crippen molar-refractivity contribution in [2.75, 3.05) is 0 Å². The molecule has 2 aromatic carbocycles. The van der Waals surface area contributed by atoms with Gasteiger partial charge in [0.1, 0.15) is 5.75 Å². The Kier molecular flexibility index (Phi) is 4.37. The molecular formula is C15H10BrF3O2. The molecule has 0 saturated heterocycles. The molecule has 0 fully saturated rings. The molecule has 0 aromatic heterocycles. The van der Waals surface area contributed by atoms with Crippen molar-refractivity contribution in [3.8, 4) is 5.75 Å². The van der Waals surface area contributed by atoms with Crippen LogP contribution in [-0.2, 0) is 0 Å². The van der Waals surface area contributed by atoms with Crippen molar-refractivity contribution >= 4 is 21.7 Å². The number of benzene rings is 2. The van der Waals surface area contributed by atoms with Crippen LogP contribution >= 0.6 is 15.9 Å². The molecule has 0 aliphatic rings. The van der Waals surface area contributed by atoms with E-state index in [1.165, 1.54) is 18.2 Å². The summed E-state index contributed by atoms with van der Waals surface area (Å²) in [6.45, 7) is 1.79. The van der Waals surface area contributed by atoms with Gasteiger partial charge in [-0.05, 0) is 42.8 Å². The van der Waals surface area contributed by atoms with Gasteiger partial charge in [0, 0.05) is 10.0 Å². The summed E-state index contributed by atoms with van der Waals surface area (Å²) in [5, 5.41) is 0. The maximum absolute atomic E-state index is 12.4. The van der Waals surface area contributed by atoms with Gasteiger partial charge in [-0.3, -0.25) is 4.79 Å². The molecule has 2 nitrogen and oxygen atoms in total. The zero-order chi connectivity index (χ0) is 15.6. The van der Waals surface area contributed by atoms with Crippen LogP contribution in [0.25, 0.3) is 0 Å². The lowest BCUT2D eigenvalue weighted by Gasteiger charge is -2.12. The summed E-state index contributed by atoms with van der Waals surface area (Å²) in [4.78, 5) is 12.4. The molecule has 0 aliphatic carbocycles. The van der Waals surface area contributed by atoms with Gasteiger partial charge in [-0.1, -0.05) is 28.1 Å². The van der Waals surface area contributed by atoms with E-state index >= 15 is 0 Å². The predicted molar refractivity (Wildman–Crippen MR) is 75.4 cm³/mol. The van der Waals surface area contributed by atoms with Gasteiger partial charge in [-0.25, -0.2) is 0 Å². The number of ether oxygens (including phenoxy) is 1. The predicted octanol–water partition coefficient (Wildman–Crippen LogP) is 4.89. The highest BCUT2D eigenvalue weighted by Crippen LogP contribution is 2.28. The van der Waals surface area contributed by atoms with E-state index in [4.69, 9.17) is 0 Å². The summed E-state index contributed by atoms with van der Waals surface area (Å²) < 4.78 is 41.8. The summed E-state index contributed by atoms with van der Waals surface area (Å²) in [5.74, 6) is -1.03. The van der Waals surface area contributed by atoms with Crippen LogP contribution in [0, 0.1) is 6.92 Å². The number of aryl methyl sites for hydroxylation is 1. The Morgan fingerprint density at radius 2 is 1.81 bits per heavy atom. The number of alkyl halides is 3. The van der Waals surface area contributed by atoms with E-state index in [1.54, 1.807) is 25.1 Å². The Bertz CT molecular complexity index is 681. The van der Waals surface area contributed by atoms with Gasteiger partial charge in [0.15, 0.2) is 5.78 Å². The Morgan fingerprint density at radius 1 is 1.14 bits per heavy atom. The van der Waals surface area contributed by atoms with Gasteiger partial charge >= 0.3 is 6.36 Å². The third-order valence-electron chi connectivity index (χ3n) is 2.78. The zero-order valence-electron chi connectivity index (χ0n) is 10.9. The van der Waals surface area contributed by atoms with Crippen molar-refractivity contribution in [3.63, 3.8) is 0 Å². The number of halogens is 4. The monoisotopic (exact) mass is 358 g/mol. The molecule has 6 heteroatoms. The Hall–Kier alpha value is -1.82. The third-order valence-corrected chi connectivity index (χ3v) is 3.67. The lowest BCUT2D eigenvalue weighted by atomic mass is 10.0. The molecule has 2 aromatic rings. The first-order valence-electron chi connectivity index (χ1n) is 5.93. The van der Waals surface area contributed by atoms with Crippen LogP contribution in [0.5, 0.6) is 5.75 Å². The highest BCUT2D eigenvalue weighted by Gasteiger charge is 2.32. The fourth-order valence-electron chi connectivity index (χ4n) is 1.81. The standard InChI is InChI=1S/C15H10BrF3O2/c1-9-8-10(6-7-12(9)16)14(20)11-4-2-3-5-13(11)21-15(17,18)19/h2-8H,1H3. The number of para-hydroxylation sites is 1. The van der Waals surface area contributed by atoms with Gasteiger partial charge < -0.3 is 4.74 Å². The van der Waals surface area contributed by atoms with Crippen LogP contribution in [0.2, 0.25) is 0 Å². The van der Waals surface area contributed by atoms with Crippen LogP contribution in [-0.4, -0.2) is 12.1 Å². The topological polar surface area (TPSA) is 26.3 Å². The SMILES string of the molecule is Cc1cc(C(=O)c2ccccc2OC(F)(F)F)ccc1Br. The summed E-state index contributed by atoms with van der Waals surface area (Å²) in [5.41, 5.74) is 0.987. The lowest BCUT2D eigenvalue weighted by Crippen LogP contribution is -2.19. The molecule has 0 saturated carbocycles. The van der Waals surface area contributed by atoms with Crippen molar-refractivity contribution in [1.82, 2.24) is 0 Å². The molecule has 0 aliphatic heterocycles. The molecule has 110 valence electrons. The molecule has 21 heavy (non-hydrogen) atoms. The molecule has 0 spiro atoms. The number of hydrogen-bond donors (Lipinski definition) is 0. The van der Waals surface area contributed by atoms with E-state index in [9.17, 15) is 18.0 Å². The van der Waals surface area contributed by atoms with Crippen LogP contribution < -0.4 is 4.74 Å². The van der Waals surface area contributed by atoms with E-state index in [0.717, 1.165) is 16.1 Å². The fraction of sp³-hybridized carbons (Fsp3) is 0.133. The lowest BCUT2D eigenvalue weighted by molar-refractivity contribution is -0.274. The second kappa shape index (κ2) is 5.89. The maximum Gasteiger partial charge on any atom is 0.573 e. The van der Waals surface area contributed by atoms with Crippen molar-refractivity contribution in [2.45, 2.75) is 13.3 Å². The summed E-state index contributed by atoms with van der Waals surface area (Å²) >= 11 is 3.30. The molecule has 0 unspecified atom stereocenters. The number of hydrogen-bond acceptors (Lipinski definition) is 2. The molecule has 2 rings (SSSR count). The third kappa shape index (κ3) is 3.85. The largest absolute Gasteiger partial charge is 0.573 e. The Morgan fingerprint density at radius 3 is 2.43 bits per heavy atom. The van der Waals surface area contributed by atoms with E-state index in [-0.39, 0.29) is 5.56 Å². The van der Waals surface area contributed by atoms with Gasteiger partial charge in [0.25, 0.3) is 0 Å². The molecule has 0 amide bonds. The number of rotatable bonds is 3. The van der Waals surface area contributed by atoms with Crippen molar-refractivity contribution in [3.05, 3.63) is 63.6 Å². The summed E-state index contributed by atoms with van der Waals surface area (Å²) in [6.07, 6.45) is -4.84. The minimum absolute atomic E-state index is 0.128. The van der Waals surface area contributed by atoms with E-state index in [2.05, 4.69) is 20.7 Å². The van der Waals surface area contributed by atoms with Crippen LogP contribution in [0.4, 0.5) is 13.2 Å². The first-order valence-corrected chi connectivity index (χ1v) is 6.73. The average Bonchev–Trinajstić information content (AvgIpc) is 2.40. The quantitative estimate of drug-likeness (QED) is 0.730. The molecule has 0 bridgehead atoms. The number of carbonyl (C=O) groups excluding carboxylic acids is 1. The number of carbonyl (C=O) groups is 1. The van der Waals surface area contributed by atoms with Crippen molar-refractivity contribution < 1.29 is 22.7 Å². The fourth-order valence-corrected chi connectivity index (χ4v) is 2.06. The Labute approximate surface area is 127 Å². The van der Waals surface area contributed by atoms with Gasteiger partial charge in [0.05, 0.1) is 5.56 Å². The molecular weight excluding hydrogens is 349 g/mol. The van der Waals surface area contributed by atoms with E-state index in [1.807, 2.05) is 0 Å². The van der Waals surface area contributed by atoms with Crippen molar-refractivity contribution in [2.24, 2.45) is 0 Å². The Balaban J connectivity index is 2.41. The highest BCUT2D eigenvalue weighted by molar-refractivity contribution is 9.10. The molecule has 0 N–H and O–H groups in total. The first kappa shape index (κ1) is 15.6. The zero-order valence-corrected chi connectivity index (χ0v) is 12.5. The number of ketones is 1. The second-order valence-corrected chi connectivity index (χ2v) is 5.19. The minimum atomic E-state index is -4.84. The average molecular weight is 359 g/mol. The first-order chi connectivity index (χ1) is 9.78. The van der Waals surface area contributed by atoms with Crippen LogP contribution in [0.1, 0.15) is 21.5 Å². The van der Waals surface area contributed by atoms with Gasteiger partial charge in [-0.15, -0.1) is 13.2 Å². The molecule has 0 radical (unpaired) electrons. The minimum Gasteiger partial charge on any atom is -0.405 e. The van der Waals surface area contributed by atoms with Gasteiger partial charge in [0.2, 0.25) is 0 Å². The molecule has 0 heterocycles. The van der Waals surface area contributed by atoms with Crippen molar-refractivity contribution in [1.29, 1.82) is 0 Å². The summed E-state index contributed by atoms with van der Waals surface area (Å²) in [7, 11) is 0. The van der Waals surface area contributed by atoms with E-state index < -0.39 is 17.9 Å². The van der Waals surface area contributed by atoms with E-state index in [0.29, 0.717) is 5.56 Å². The van der Waals surface area contributed by atoms with Crippen LogP contribution in [0.15, 0.2) is 46.9 Å². The maximum atomic E-state index is 12.4.